The van der Waals surface area contributed by atoms with Crippen LogP contribution >= 0.6 is 0 Å². The van der Waals surface area contributed by atoms with Crippen LogP contribution in [0.25, 0.3) is 111 Å². The molecule has 0 saturated heterocycles. The van der Waals surface area contributed by atoms with Crippen molar-refractivity contribution in [1.29, 1.82) is 10.5 Å². The first kappa shape index (κ1) is 56.4. The topological polar surface area (TPSA) is 57.4 Å². The summed E-state index contributed by atoms with van der Waals surface area (Å²) in [4.78, 5) is 0. The molecule has 0 spiro atoms. The van der Waals surface area contributed by atoms with E-state index in [0.717, 1.165) is 46.5 Å². The van der Waals surface area contributed by atoms with Crippen LogP contribution in [0.5, 0.6) is 0 Å². The van der Waals surface area contributed by atoms with Crippen molar-refractivity contribution in [2.24, 2.45) is 0 Å². The second kappa shape index (κ2) is 20.3. The number of rotatable bonds is 7. The van der Waals surface area contributed by atoms with E-state index in [-0.39, 0.29) is 39.6 Å². The van der Waals surface area contributed by atoms with Crippen molar-refractivity contribution in [3.05, 3.63) is 238 Å². The fourth-order valence-corrected chi connectivity index (χ4v) is 11.9. The number of nitrogens with zero attached hydrogens (tertiary/aromatic N) is 4. The quantitative estimate of drug-likeness (QED) is 0.149. The Kier molecular flexibility index (Phi) is 13.3. The standard InChI is InChI=1S/C70H42F12N4/c1-37-5-17-51(39(3)25-37)43-11-21-61-55(28-43)57-30-45(53-18-6-38(2)26-59(53)69(77,78)79)13-23-63(57)85(61)65-32-41(7-9-47(65)35-83)42-8-10-48(36-84)66(33-42)86-62-22-12-44(52-19-15-49(27-40(52)4)67(71,72)73)29-56(62)58-31-46(14-24-64(58)86)54-20-16-50(68(74,75)76)34-60(54)70(80,81)82/h5-34H,1-4H3. The van der Waals surface area contributed by atoms with Crippen molar-refractivity contribution in [1.82, 2.24) is 9.13 Å². The molecule has 0 amide bonds. The third-order valence-corrected chi connectivity index (χ3v) is 15.9. The highest BCUT2D eigenvalue weighted by atomic mass is 19.4. The SMILES string of the molecule is Cc1ccc(-c2ccc3c(c2)c2cc(-c4ccc(C)cc4C(F)(F)F)ccc2n3-c2cc(-c3ccc(C#N)c(-n4c5ccc(-c6ccc(C(F)(F)F)cc6C)cc5c5cc(-c6ccc(C(F)(F)F)cc6C(F)(F)F)ccc54)c3)ccc2C#N)c(C)c1. The monoisotopic (exact) mass is 1170 g/mol. The Hall–Kier alpha value is -10.1. The van der Waals surface area contributed by atoms with E-state index in [9.17, 15) is 63.2 Å². The summed E-state index contributed by atoms with van der Waals surface area (Å²) in [6.07, 6.45) is -19.6. The van der Waals surface area contributed by atoms with Crippen LogP contribution in [0.4, 0.5) is 52.7 Å². The number of nitriles is 2. The molecule has 0 bridgehead atoms. The fraction of sp³-hybridized carbons (Fsp3) is 0.114. The average Bonchev–Trinajstić information content (AvgIpc) is 1.61. The van der Waals surface area contributed by atoms with Crippen LogP contribution in [0.1, 0.15) is 55.6 Å². The van der Waals surface area contributed by atoms with Gasteiger partial charge in [0.2, 0.25) is 0 Å². The molecular formula is C70H42F12N4. The van der Waals surface area contributed by atoms with E-state index in [4.69, 9.17) is 0 Å². The van der Waals surface area contributed by atoms with E-state index >= 15 is 0 Å². The van der Waals surface area contributed by atoms with Crippen LogP contribution in [0, 0.1) is 50.4 Å². The van der Waals surface area contributed by atoms with Crippen LogP contribution in [0.2, 0.25) is 0 Å². The minimum absolute atomic E-state index is 0.0131. The van der Waals surface area contributed by atoms with Gasteiger partial charge >= 0.3 is 24.7 Å². The Morgan fingerprint density at radius 3 is 1.00 bits per heavy atom. The van der Waals surface area contributed by atoms with Gasteiger partial charge in [-0.2, -0.15) is 63.2 Å². The maximum atomic E-state index is 14.7. The van der Waals surface area contributed by atoms with Crippen molar-refractivity contribution in [3.8, 4) is 79.1 Å². The van der Waals surface area contributed by atoms with Gasteiger partial charge in [-0.3, -0.25) is 0 Å². The molecule has 2 heterocycles. The van der Waals surface area contributed by atoms with E-state index in [1.54, 1.807) is 90.4 Å². The summed E-state index contributed by atoms with van der Waals surface area (Å²) in [5, 5.41) is 23.6. The number of aromatic nitrogens is 2. The van der Waals surface area contributed by atoms with Gasteiger partial charge in [-0.05, 0) is 198 Å². The van der Waals surface area contributed by atoms with Gasteiger partial charge in [0, 0.05) is 21.5 Å². The lowest BCUT2D eigenvalue weighted by Gasteiger charge is -2.17. The fourth-order valence-electron chi connectivity index (χ4n) is 11.9. The summed E-state index contributed by atoms with van der Waals surface area (Å²) in [6, 6.07) is 49.6. The van der Waals surface area contributed by atoms with Gasteiger partial charge < -0.3 is 9.13 Å². The molecule has 86 heavy (non-hydrogen) atoms. The zero-order valence-corrected chi connectivity index (χ0v) is 45.6. The van der Waals surface area contributed by atoms with Crippen LogP contribution in [0.15, 0.2) is 182 Å². The number of fused-ring (bicyclic) bond motifs is 6. The summed E-state index contributed by atoms with van der Waals surface area (Å²) >= 11 is 0. The molecule has 0 N–H and O–H groups in total. The van der Waals surface area contributed by atoms with E-state index in [1.807, 2.05) is 48.7 Å². The van der Waals surface area contributed by atoms with Crippen molar-refractivity contribution < 1.29 is 52.7 Å². The minimum Gasteiger partial charge on any atom is -0.308 e. The van der Waals surface area contributed by atoms with Crippen LogP contribution in [0.3, 0.4) is 0 Å². The maximum Gasteiger partial charge on any atom is 0.417 e. The molecule has 0 aliphatic carbocycles. The largest absolute Gasteiger partial charge is 0.417 e. The second-order valence-electron chi connectivity index (χ2n) is 21.4. The van der Waals surface area contributed by atoms with E-state index in [2.05, 4.69) is 18.2 Å². The zero-order valence-electron chi connectivity index (χ0n) is 45.6. The molecule has 0 aliphatic heterocycles. The predicted molar refractivity (Wildman–Crippen MR) is 311 cm³/mol. The highest BCUT2D eigenvalue weighted by Gasteiger charge is 2.39. The van der Waals surface area contributed by atoms with Crippen molar-refractivity contribution in [2.75, 3.05) is 0 Å². The molecule has 4 nitrogen and oxygen atoms in total. The highest BCUT2D eigenvalue weighted by molar-refractivity contribution is 6.13. The molecule has 0 atom stereocenters. The lowest BCUT2D eigenvalue weighted by Crippen LogP contribution is -2.12. The first-order chi connectivity index (χ1) is 40.7. The molecule has 0 fully saturated rings. The summed E-state index contributed by atoms with van der Waals surface area (Å²) in [7, 11) is 0. The average molecular weight is 1170 g/mol. The number of halogens is 12. The smallest absolute Gasteiger partial charge is 0.308 e. The molecular weight excluding hydrogens is 1120 g/mol. The highest BCUT2D eigenvalue weighted by Crippen LogP contribution is 2.47. The Balaban J connectivity index is 1.06. The van der Waals surface area contributed by atoms with Crippen molar-refractivity contribution in [3.63, 3.8) is 0 Å². The molecule has 426 valence electrons. The minimum atomic E-state index is -5.22. The Morgan fingerprint density at radius 2 is 0.628 bits per heavy atom. The Bertz CT molecular complexity index is 4900. The van der Waals surface area contributed by atoms with Crippen molar-refractivity contribution in [2.45, 2.75) is 52.4 Å². The van der Waals surface area contributed by atoms with Gasteiger partial charge in [0.05, 0.1) is 66.8 Å². The molecule has 0 radical (unpaired) electrons. The number of hydrogen-bond acceptors (Lipinski definition) is 2. The molecule has 16 heteroatoms. The van der Waals surface area contributed by atoms with Gasteiger partial charge in [-0.1, -0.05) is 90.0 Å². The van der Waals surface area contributed by atoms with E-state index < -0.39 is 52.5 Å². The third kappa shape index (κ3) is 9.84. The lowest BCUT2D eigenvalue weighted by molar-refractivity contribution is -0.143. The molecule has 0 unspecified atom stereocenters. The summed E-state index contributed by atoms with van der Waals surface area (Å²) in [6.45, 7) is 7.07. The number of alkyl halides is 12. The first-order valence-electron chi connectivity index (χ1n) is 26.7. The normalized spacial score (nSPS) is 12.4. The molecule has 12 rings (SSSR count). The number of aryl methyl sites for hydroxylation is 4. The molecule has 0 saturated carbocycles. The third-order valence-electron chi connectivity index (χ3n) is 15.9. The van der Waals surface area contributed by atoms with E-state index in [1.165, 1.54) is 37.3 Å². The first-order valence-corrected chi connectivity index (χ1v) is 26.7. The summed E-state index contributed by atoms with van der Waals surface area (Å²) in [5.74, 6) is 0. The molecule has 0 aliphatic rings. The van der Waals surface area contributed by atoms with Crippen LogP contribution in [-0.4, -0.2) is 9.13 Å². The van der Waals surface area contributed by atoms with Gasteiger partial charge in [-0.15, -0.1) is 0 Å². The predicted octanol–water partition coefficient (Wildman–Crippen LogP) is 21.3. The molecule has 12 aromatic rings. The molecule has 10 aromatic carbocycles. The summed E-state index contributed by atoms with van der Waals surface area (Å²) < 4.78 is 175. The van der Waals surface area contributed by atoms with Crippen LogP contribution < -0.4 is 0 Å². The maximum absolute atomic E-state index is 14.7. The van der Waals surface area contributed by atoms with Gasteiger partial charge in [0.1, 0.15) is 12.1 Å². The van der Waals surface area contributed by atoms with Crippen LogP contribution in [-0.2, 0) is 24.7 Å². The van der Waals surface area contributed by atoms with E-state index in [0.29, 0.717) is 88.7 Å². The van der Waals surface area contributed by atoms with Gasteiger partial charge in [0.15, 0.2) is 0 Å². The lowest BCUT2D eigenvalue weighted by atomic mass is 9.94. The van der Waals surface area contributed by atoms with Crippen molar-refractivity contribution >= 4 is 43.6 Å². The van der Waals surface area contributed by atoms with Gasteiger partial charge in [-0.25, -0.2) is 0 Å². The zero-order chi connectivity index (χ0) is 61.1. The Morgan fingerprint density at radius 1 is 0.302 bits per heavy atom. The number of hydrogen-bond donors (Lipinski definition) is 0. The molecule has 2 aromatic heterocycles. The Labute approximate surface area is 483 Å². The second-order valence-corrected chi connectivity index (χ2v) is 21.4. The van der Waals surface area contributed by atoms with Gasteiger partial charge in [0.25, 0.3) is 0 Å². The summed E-state index contributed by atoms with van der Waals surface area (Å²) in [5.41, 5.74) is 4.42. The number of benzene rings is 10.